The van der Waals surface area contributed by atoms with Crippen molar-refractivity contribution >= 4 is 28.9 Å². The summed E-state index contributed by atoms with van der Waals surface area (Å²) in [5.74, 6) is -0.157. The van der Waals surface area contributed by atoms with Crippen LogP contribution in [0.1, 0.15) is 26.2 Å². The maximum absolute atomic E-state index is 11.5. The topological polar surface area (TPSA) is 103 Å². The Morgan fingerprint density at radius 2 is 2.23 bits per heavy atom. The van der Waals surface area contributed by atoms with Crippen molar-refractivity contribution in [2.75, 3.05) is 7.11 Å². The van der Waals surface area contributed by atoms with Gasteiger partial charge in [-0.25, -0.2) is 9.97 Å². The number of carboxylic acids is 1. The fourth-order valence-electron chi connectivity index (χ4n) is 2.49. The molecule has 2 aromatic heterocycles. The fourth-order valence-corrected chi connectivity index (χ4v) is 3.49. The Balaban J connectivity index is 1.96. The zero-order chi connectivity index (χ0) is 18.5. The zero-order valence-electron chi connectivity index (χ0n) is 14.5. The number of hydrogen-bond acceptors (Lipinski definition) is 7. The first-order valence-corrected chi connectivity index (χ1v) is 9.12. The molecule has 0 saturated carbocycles. The highest BCUT2D eigenvalue weighted by atomic mass is 32.2. The van der Waals surface area contributed by atoms with Crippen molar-refractivity contribution in [1.82, 2.24) is 25.0 Å². The van der Waals surface area contributed by atoms with E-state index in [1.54, 1.807) is 11.8 Å². The van der Waals surface area contributed by atoms with E-state index in [0.29, 0.717) is 28.4 Å². The van der Waals surface area contributed by atoms with Crippen LogP contribution in [0.4, 0.5) is 0 Å². The summed E-state index contributed by atoms with van der Waals surface area (Å²) in [5.41, 5.74) is 1.76. The average molecular weight is 373 g/mol. The van der Waals surface area contributed by atoms with Crippen molar-refractivity contribution < 1.29 is 14.6 Å². The van der Waals surface area contributed by atoms with E-state index in [9.17, 15) is 9.90 Å². The van der Waals surface area contributed by atoms with Crippen LogP contribution in [0.2, 0.25) is 0 Å². The summed E-state index contributed by atoms with van der Waals surface area (Å²) in [4.78, 5) is 20.0. The van der Waals surface area contributed by atoms with E-state index in [4.69, 9.17) is 4.74 Å². The van der Waals surface area contributed by atoms with Crippen molar-refractivity contribution in [2.45, 2.75) is 36.5 Å². The second kappa shape index (κ2) is 8.13. The molecule has 0 radical (unpaired) electrons. The summed E-state index contributed by atoms with van der Waals surface area (Å²) >= 11 is 1.19. The molecule has 0 aliphatic carbocycles. The van der Waals surface area contributed by atoms with E-state index in [0.717, 1.165) is 18.5 Å². The number of thioether (sulfide) groups is 1. The molecular weight excluding hydrogens is 354 g/mol. The molecule has 3 rings (SSSR count). The number of nitrogens with zero attached hydrogens (tertiary/aromatic N) is 5. The first-order valence-electron chi connectivity index (χ1n) is 8.24. The number of aromatic nitrogens is 5. The Labute approximate surface area is 154 Å². The standard InChI is InChI=1S/C17H19N5O3S/c1-3-4-8-13(17(23)24)26-16-14-15(18-10-19-16)22(21-20-14)11-6-5-7-12(9-11)25-2/h5-7,9-10,13H,3-4,8H2,1-2H3,(H,23,24)/t13-/m0/s1. The van der Waals surface area contributed by atoms with Crippen LogP contribution in [0.3, 0.4) is 0 Å². The molecule has 8 nitrogen and oxygen atoms in total. The second-order valence-corrected chi connectivity index (χ2v) is 6.83. The van der Waals surface area contributed by atoms with Crippen molar-refractivity contribution in [3.05, 3.63) is 30.6 Å². The van der Waals surface area contributed by atoms with Gasteiger partial charge in [0, 0.05) is 6.07 Å². The highest BCUT2D eigenvalue weighted by Gasteiger charge is 2.22. The Morgan fingerprint density at radius 1 is 1.38 bits per heavy atom. The molecular formula is C17H19N5O3S. The molecule has 2 heterocycles. The van der Waals surface area contributed by atoms with Crippen molar-refractivity contribution in [2.24, 2.45) is 0 Å². The lowest BCUT2D eigenvalue weighted by atomic mass is 10.2. The molecule has 0 spiro atoms. The number of hydrogen-bond donors (Lipinski definition) is 1. The molecule has 26 heavy (non-hydrogen) atoms. The number of methoxy groups -OCH3 is 1. The van der Waals surface area contributed by atoms with Gasteiger partial charge in [-0.2, -0.15) is 4.68 Å². The molecule has 0 aliphatic rings. The SMILES string of the molecule is CCCC[C@H](Sc1ncnc2c1nnn2-c1cccc(OC)c1)C(=O)O. The van der Waals surface area contributed by atoms with Gasteiger partial charge in [-0.15, -0.1) is 5.10 Å². The minimum Gasteiger partial charge on any atom is -0.497 e. The lowest BCUT2D eigenvalue weighted by molar-refractivity contribution is -0.136. The molecule has 0 amide bonds. The van der Waals surface area contributed by atoms with Gasteiger partial charge in [-0.05, 0) is 18.6 Å². The number of ether oxygens (including phenoxy) is 1. The van der Waals surface area contributed by atoms with Gasteiger partial charge >= 0.3 is 5.97 Å². The van der Waals surface area contributed by atoms with Gasteiger partial charge in [-0.1, -0.05) is 42.8 Å². The van der Waals surface area contributed by atoms with Crippen molar-refractivity contribution in [1.29, 1.82) is 0 Å². The lowest BCUT2D eigenvalue weighted by Gasteiger charge is -2.10. The summed E-state index contributed by atoms with van der Waals surface area (Å²) in [6, 6.07) is 7.38. The largest absolute Gasteiger partial charge is 0.497 e. The van der Waals surface area contributed by atoms with Gasteiger partial charge in [0.2, 0.25) is 0 Å². The van der Waals surface area contributed by atoms with Crippen LogP contribution in [0.5, 0.6) is 5.75 Å². The third-order valence-electron chi connectivity index (χ3n) is 3.85. The predicted octanol–water partition coefficient (Wildman–Crippen LogP) is 2.95. The number of rotatable bonds is 8. The minimum atomic E-state index is -0.851. The Bertz CT molecular complexity index is 914. The molecule has 0 bridgehead atoms. The molecule has 9 heteroatoms. The summed E-state index contributed by atoms with van der Waals surface area (Å²) in [5, 5.41) is 17.7. The van der Waals surface area contributed by atoms with Gasteiger partial charge in [0.05, 0.1) is 12.8 Å². The van der Waals surface area contributed by atoms with Crippen LogP contribution in [0.15, 0.2) is 35.6 Å². The lowest BCUT2D eigenvalue weighted by Crippen LogP contribution is -2.16. The van der Waals surface area contributed by atoms with Gasteiger partial charge in [0.1, 0.15) is 22.4 Å². The third kappa shape index (κ3) is 3.77. The monoisotopic (exact) mass is 373 g/mol. The van der Waals surface area contributed by atoms with E-state index in [1.807, 2.05) is 31.2 Å². The normalized spacial score (nSPS) is 12.2. The second-order valence-electron chi connectivity index (χ2n) is 5.64. The molecule has 0 aliphatic heterocycles. The number of benzene rings is 1. The highest BCUT2D eigenvalue weighted by molar-refractivity contribution is 8.00. The van der Waals surface area contributed by atoms with Crippen LogP contribution >= 0.6 is 11.8 Å². The fraction of sp³-hybridized carbons (Fsp3) is 0.353. The number of carboxylic acid groups (broad SMARTS) is 1. The quantitative estimate of drug-likeness (QED) is 0.475. The maximum Gasteiger partial charge on any atom is 0.317 e. The van der Waals surface area contributed by atoms with Crippen LogP contribution in [-0.4, -0.2) is 48.4 Å². The van der Waals surface area contributed by atoms with Crippen LogP contribution in [0, 0.1) is 0 Å². The van der Waals surface area contributed by atoms with E-state index in [-0.39, 0.29) is 0 Å². The number of carbonyl (C=O) groups is 1. The van der Waals surface area contributed by atoms with Gasteiger partial charge in [0.15, 0.2) is 11.2 Å². The van der Waals surface area contributed by atoms with E-state index < -0.39 is 11.2 Å². The van der Waals surface area contributed by atoms with Crippen LogP contribution in [-0.2, 0) is 4.79 Å². The Hall–Kier alpha value is -2.68. The Morgan fingerprint density at radius 3 is 2.96 bits per heavy atom. The molecule has 0 unspecified atom stereocenters. The van der Waals surface area contributed by atoms with E-state index >= 15 is 0 Å². The van der Waals surface area contributed by atoms with E-state index in [1.165, 1.54) is 18.1 Å². The van der Waals surface area contributed by atoms with Gasteiger partial charge < -0.3 is 9.84 Å². The number of aliphatic carboxylic acids is 1. The molecule has 136 valence electrons. The average Bonchev–Trinajstić information content (AvgIpc) is 3.10. The first kappa shape index (κ1) is 18.1. The summed E-state index contributed by atoms with van der Waals surface area (Å²) in [6.07, 6.45) is 3.76. The van der Waals surface area contributed by atoms with Crippen LogP contribution < -0.4 is 4.74 Å². The third-order valence-corrected chi connectivity index (χ3v) is 5.10. The number of fused-ring (bicyclic) bond motifs is 1. The van der Waals surface area contributed by atoms with E-state index in [2.05, 4.69) is 20.3 Å². The smallest absolute Gasteiger partial charge is 0.317 e. The maximum atomic E-state index is 11.5. The molecule has 3 aromatic rings. The van der Waals surface area contributed by atoms with Gasteiger partial charge in [0.25, 0.3) is 0 Å². The van der Waals surface area contributed by atoms with Gasteiger partial charge in [-0.3, -0.25) is 4.79 Å². The molecule has 0 fully saturated rings. The van der Waals surface area contributed by atoms with Crippen LogP contribution in [0.25, 0.3) is 16.9 Å². The Kier molecular flexibility index (Phi) is 5.67. The summed E-state index contributed by atoms with van der Waals surface area (Å²) < 4.78 is 6.83. The first-order chi connectivity index (χ1) is 12.6. The van der Waals surface area contributed by atoms with Crippen molar-refractivity contribution in [3.63, 3.8) is 0 Å². The zero-order valence-corrected chi connectivity index (χ0v) is 15.3. The highest BCUT2D eigenvalue weighted by Crippen LogP contribution is 2.30. The summed E-state index contributed by atoms with van der Waals surface area (Å²) in [6.45, 7) is 2.03. The number of unbranched alkanes of at least 4 members (excludes halogenated alkanes) is 1. The molecule has 1 N–H and O–H groups in total. The van der Waals surface area contributed by atoms with Crippen molar-refractivity contribution in [3.8, 4) is 11.4 Å². The summed E-state index contributed by atoms with van der Waals surface area (Å²) in [7, 11) is 1.60. The molecule has 1 atom stereocenters. The molecule has 1 aromatic carbocycles. The molecule has 0 saturated heterocycles. The minimum absolute atomic E-state index is 0.489. The predicted molar refractivity (Wildman–Crippen MR) is 97.8 cm³/mol.